The summed E-state index contributed by atoms with van der Waals surface area (Å²) in [4.78, 5) is 0. The largest absolute Gasteiger partial charge is 0.486 e. The smallest absolute Gasteiger partial charge is 0.165 e. The fourth-order valence-electron chi connectivity index (χ4n) is 2.23. The molecule has 1 aromatic heterocycles. The minimum absolute atomic E-state index is 0.285. The second kappa shape index (κ2) is 5.90. The van der Waals surface area contributed by atoms with Crippen molar-refractivity contribution >= 4 is 0 Å². The van der Waals surface area contributed by atoms with E-state index in [2.05, 4.69) is 5.32 Å². The van der Waals surface area contributed by atoms with Crippen molar-refractivity contribution < 1.29 is 13.5 Å². The number of ether oxygens (including phenoxy) is 1. The fraction of sp³-hybridized carbons (Fsp3) is 0.412. The Labute approximate surface area is 124 Å². The highest BCUT2D eigenvalue weighted by molar-refractivity contribution is 5.30. The summed E-state index contributed by atoms with van der Waals surface area (Å²) in [5.41, 5.74) is 1.94. The second-order valence-corrected chi connectivity index (χ2v) is 5.67. The number of rotatable bonds is 6. The average Bonchev–Trinajstić information content (AvgIpc) is 3.22. The van der Waals surface area contributed by atoms with Crippen molar-refractivity contribution in [1.29, 1.82) is 0 Å². The summed E-state index contributed by atoms with van der Waals surface area (Å²) in [6.07, 6.45) is 2.50. The minimum atomic E-state index is -0.336. The molecule has 3 rings (SSSR count). The lowest BCUT2D eigenvalue weighted by atomic mass is 10.2. The Hall–Kier alpha value is -1.81. The lowest BCUT2D eigenvalue weighted by Gasteiger charge is -2.07. The average molecular weight is 289 g/mol. The van der Waals surface area contributed by atoms with Crippen LogP contribution in [0.4, 0.5) is 4.39 Å². The van der Waals surface area contributed by atoms with Gasteiger partial charge in [-0.3, -0.25) is 0 Å². The highest BCUT2D eigenvalue weighted by atomic mass is 19.1. The Morgan fingerprint density at radius 3 is 2.86 bits per heavy atom. The molecule has 1 N–H and O–H groups in total. The molecule has 112 valence electrons. The minimum Gasteiger partial charge on any atom is -0.486 e. The number of hydrogen-bond acceptors (Lipinski definition) is 3. The van der Waals surface area contributed by atoms with Gasteiger partial charge in [0.05, 0.1) is 6.54 Å². The van der Waals surface area contributed by atoms with Gasteiger partial charge >= 0.3 is 0 Å². The van der Waals surface area contributed by atoms with E-state index in [1.165, 1.54) is 18.9 Å². The van der Waals surface area contributed by atoms with Crippen LogP contribution in [0.3, 0.4) is 0 Å². The molecular weight excluding hydrogens is 269 g/mol. The first kappa shape index (κ1) is 14.1. The van der Waals surface area contributed by atoms with Gasteiger partial charge in [0.25, 0.3) is 0 Å². The molecule has 0 saturated heterocycles. The molecule has 1 aliphatic carbocycles. The van der Waals surface area contributed by atoms with Crippen molar-refractivity contribution in [2.45, 2.75) is 45.9 Å². The Kier molecular flexibility index (Phi) is 3.97. The van der Waals surface area contributed by atoms with Crippen LogP contribution in [0.15, 0.2) is 28.7 Å². The van der Waals surface area contributed by atoms with Gasteiger partial charge in [-0.1, -0.05) is 6.07 Å². The van der Waals surface area contributed by atoms with E-state index in [0.29, 0.717) is 12.6 Å². The van der Waals surface area contributed by atoms with Gasteiger partial charge in [0, 0.05) is 11.6 Å². The number of furan rings is 1. The summed E-state index contributed by atoms with van der Waals surface area (Å²) in [6.45, 7) is 4.88. The predicted octanol–water partition coefficient (Wildman–Crippen LogP) is 3.87. The Bertz CT molecular complexity index is 632. The molecule has 1 saturated carbocycles. The van der Waals surface area contributed by atoms with Crippen LogP contribution in [-0.4, -0.2) is 6.04 Å². The van der Waals surface area contributed by atoms with Gasteiger partial charge in [0.1, 0.15) is 18.1 Å². The van der Waals surface area contributed by atoms with Crippen LogP contribution in [0.25, 0.3) is 0 Å². The van der Waals surface area contributed by atoms with Crippen molar-refractivity contribution in [3.05, 3.63) is 52.7 Å². The Morgan fingerprint density at radius 2 is 2.10 bits per heavy atom. The first-order chi connectivity index (χ1) is 10.1. The van der Waals surface area contributed by atoms with Crippen molar-refractivity contribution in [2.24, 2.45) is 0 Å². The molecule has 3 nitrogen and oxygen atoms in total. The molecule has 1 heterocycles. The van der Waals surface area contributed by atoms with E-state index in [1.54, 1.807) is 12.1 Å². The maximum atomic E-state index is 13.6. The first-order valence-electron chi connectivity index (χ1n) is 7.32. The monoisotopic (exact) mass is 289 g/mol. The summed E-state index contributed by atoms with van der Waals surface area (Å²) in [7, 11) is 0. The molecule has 0 spiro atoms. The topological polar surface area (TPSA) is 34.4 Å². The second-order valence-electron chi connectivity index (χ2n) is 5.67. The van der Waals surface area contributed by atoms with Crippen LogP contribution in [0.1, 0.15) is 35.5 Å². The van der Waals surface area contributed by atoms with Crippen LogP contribution in [0.2, 0.25) is 0 Å². The third-order valence-electron chi connectivity index (χ3n) is 3.68. The predicted molar refractivity (Wildman–Crippen MR) is 78.8 cm³/mol. The van der Waals surface area contributed by atoms with E-state index in [9.17, 15) is 4.39 Å². The third-order valence-corrected chi connectivity index (χ3v) is 3.68. The molecule has 0 unspecified atom stereocenters. The molecular formula is C17H20FNO2. The third kappa shape index (κ3) is 3.64. The molecule has 1 aromatic carbocycles. The van der Waals surface area contributed by atoms with Crippen molar-refractivity contribution in [2.75, 3.05) is 0 Å². The molecule has 1 fully saturated rings. The van der Waals surface area contributed by atoms with Gasteiger partial charge < -0.3 is 14.5 Å². The number of nitrogens with one attached hydrogen (secondary N) is 1. The lowest BCUT2D eigenvalue weighted by Crippen LogP contribution is -2.14. The van der Waals surface area contributed by atoms with E-state index in [-0.39, 0.29) is 11.6 Å². The summed E-state index contributed by atoms with van der Waals surface area (Å²) in [6, 6.07) is 7.50. The van der Waals surface area contributed by atoms with Crippen molar-refractivity contribution in [3.8, 4) is 5.75 Å². The van der Waals surface area contributed by atoms with E-state index in [1.807, 2.05) is 19.9 Å². The maximum absolute atomic E-state index is 13.6. The van der Waals surface area contributed by atoms with E-state index >= 15 is 0 Å². The van der Waals surface area contributed by atoms with Crippen molar-refractivity contribution in [1.82, 2.24) is 5.32 Å². The molecule has 0 bridgehead atoms. The number of hydrogen-bond donors (Lipinski definition) is 1. The van der Waals surface area contributed by atoms with Crippen LogP contribution in [0.5, 0.6) is 5.75 Å². The van der Waals surface area contributed by atoms with Gasteiger partial charge in [-0.25, -0.2) is 4.39 Å². The number of aryl methyl sites for hydroxylation is 2. The maximum Gasteiger partial charge on any atom is 0.165 e. The van der Waals surface area contributed by atoms with E-state index < -0.39 is 0 Å². The molecule has 1 aliphatic rings. The summed E-state index contributed by atoms with van der Waals surface area (Å²) in [5, 5.41) is 3.41. The van der Waals surface area contributed by atoms with Gasteiger partial charge in [0.2, 0.25) is 0 Å². The summed E-state index contributed by atoms with van der Waals surface area (Å²) < 4.78 is 24.9. The molecule has 4 heteroatoms. The zero-order chi connectivity index (χ0) is 14.8. The van der Waals surface area contributed by atoms with Crippen LogP contribution in [0, 0.1) is 19.7 Å². The van der Waals surface area contributed by atoms with Crippen molar-refractivity contribution in [3.63, 3.8) is 0 Å². The van der Waals surface area contributed by atoms with Gasteiger partial charge in [0.15, 0.2) is 11.6 Å². The fourth-order valence-corrected chi connectivity index (χ4v) is 2.23. The number of halogens is 1. The van der Waals surface area contributed by atoms with Crippen LogP contribution >= 0.6 is 0 Å². The van der Waals surface area contributed by atoms with Gasteiger partial charge in [-0.2, -0.15) is 0 Å². The van der Waals surface area contributed by atoms with E-state index in [0.717, 1.165) is 29.2 Å². The lowest BCUT2D eigenvalue weighted by molar-refractivity contribution is 0.287. The molecule has 2 aromatic rings. The molecule has 0 aliphatic heterocycles. The molecule has 0 amide bonds. The summed E-state index contributed by atoms with van der Waals surface area (Å²) in [5.74, 6) is 1.68. The Morgan fingerprint density at radius 1 is 1.29 bits per heavy atom. The van der Waals surface area contributed by atoms with E-state index in [4.69, 9.17) is 9.15 Å². The molecule has 0 radical (unpaired) electrons. The van der Waals surface area contributed by atoms with Gasteiger partial charge in [-0.15, -0.1) is 0 Å². The standard InChI is InChI=1S/C17H20FNO2/c1-11-3-6-16(18)17(7-11)20-10-13-8-15(21-12(13)2)9-19-14-4-5-14/h3,6-8,14,19H,4-5,9-10H2,1-2H3. The quantitative estimate of drug-likeness (QED) is 0.876. The molecule has 21 heavy (non-hydrogen) atoms. The van der Waals surface area contributed by atoms with Crippen LogP contribution in [-0.2, 0) is 13.2 Å². The molecule has 0 atom stereocenters. The number of benzene rings is 1. The summed E-state index contributed by atoms with van der Waals surface area (Å²) >= 11 is 0. The normalized spacial score (nSPS) is 14.4. The van der Waals surface area contributed by atoms with Gasteiger partial charge in [-0.05, 0) is 50.5 Å². The van der Waals surface area contributed by atoms with Crippen LogP contribution < -0.4 is 10.1 Å². The highest BCUT2D eigenvalue weighted by Gasteiger charge is 2.21. The zero-order valence-corrected chi connectivity index (χ0v) is 12.4. The zero-order valence-electron chi connectivity index (χ0n) is 12.4. The SMILES string of the molecule is Cc1ccc(F)c(OCc2cc(CNC3CC3)oc2C)c1. The highest BCUT2D eigenvalue weighted by Crippen LogP contribution is 2.23. The first-order valence-corrected chi connectivity index (χ1v) is 7.32. The Balaban J connectivity index is 1.62.